The third-order valence-electron chi connectivity index (χ3n) is 4.28. The van der Waals surface area contributed by atoms with Crippen LogP contribution in [0.5, 0.6) is 0 Å². The maximum absolute atomic E-state index is 12.7. The van der Waals surface area contributed by atoms with Crippen molar-refractivity contribution in [1.82, 2.24) is 9.55 Å². The number of aromatic amines is 1. The summed E-state index contributed by atoms with van der Waals surface area (Å²) in [7, 11) is 0. The first-order valence-corrected chi connectivity index (χ1v) is 7.39. The second-order valence-corrected chi connectivity index (χ2v) is 5.62. The van der Waals surface area contributed by atoms with Gasteiger partial charge in [-0.05, 0) is 25.0 Å². The molecule has 0 aliphatic heterocycles. The number of nitrogens with one attached hydrogen (secondary N) is 1. The average molecular weight is 283 g/mol. The highest BCUT2D eigenvalue weighted by Crippen LogP contribution is 2.26. The van der Waals surface area contributed by atoms with Gasteiger partial charge in [0.1, 0.15) is 11.6 Å². The molecule has 5 nitrogen and oxygen atoms in total. The molecule has 1 saturated carbocycles. The van der Waals surface area contributed by atoms with E-state index in [2.05, 4.69) is 4.98 Å². The first-order valence-electron chi connectivity index (χ1n) is 7.39. The first kappa shape index (κ1) is 13.6. The molecule has 2 aromatic heterocycles. The summed E-state index contributed by atoms with van der Waals surface area (Å²) in [5.74, 6) is 0. The van der Waals surface area contributed by atoms with Crippen molar-refractivity contribution >= 4 is 10.9 Å². The van der Waals surface area contributed by atoms with E-state index in [4.69, 9.17) is 5.26 Å². The monoisotopic (exact) mass is 283 g/mol. The molecule has 0 radical (unpaired) electrons. The van der Waals surface area contributed by atoms with Crippen molar-refractivity contribution in [2.45, 2.75) is 44.6 Å². The zero-order valence-corrected chi connectivity index (χ0v) is 11.8. The highest BCUT2D eigenvalue weighted by Gasteiger charge is 2.16. The van der Waals surface area contributed by atoms with E-state index in [0.717, 1.165) is 25.7 Å². The number of hydrogen-bond donors (Lipinski definition) is 1. The fourth-order valence-corrected chi connectivity index (χ4v) is 3.12. The lowest BCUT2D eigenvalue weighted by molar-refractivity contribution is 0.434. The molecular weight excluding hydrogens is 266 g/mol. The van der Waals surface area contributed by atoms with Gasteiger partial charge in [0, 0.05) is 12.2 Å². The molecule has 1 fully saturated rings. The Labute approximate surface area is 121 Å². The molecule has 1 aliphatic rings. The molecule has 108 valence electrons. The van der Waals surface area contributed by atoms with Crippen LogP contribution in [0.15, 0.2) is 27.9 Å². The second-order valence-electron chi connectivity index (χ2n) is 5.62. The predicted molar refractivity (Wildman–Crippen MR) is 80.3 cm³/mol. The van der Waals surface area contributed by atoms with Crippen LogP contribution in [0.2, 0.25) is 0 Å². The van der Waals surface area contributed by atoms with Crippen LogP contribution in [-0.2, 0) is 0 Å². The van der Waals surface area contributed by atoms with E-state index in [1.165, 1.54) is 18.9 Å². The van der Waals surface area contributed by atoms with Crippen LogP contribution in [0.25, 0.3) is 10.9 Å². The quantitative estimate of drug-likeness (QED) is 0.816. The predicted octanol–water partition coefficient (Wildman–Crippen LogP) is 2.46. The van der Waals surface area contributed by atoms with E-state index in [1.54, 1.807) is 16.8 Å². The maximum atomic E-state index is 12.7. The SMILES string of the molecule is N#Cc1cc2c(=O)n(C3CCCCCC3)ccc2[nH]c1=O. The molecule has 0 spiro atoms. The summed E-state index contributed by atoms with van der Waals surface area (Å²) in [5.41, 5.74) is -0.0872. The Morgan fingerprint density at radius 1 is 1.19 bits per heavy atom. The normalized spacial score (nSPS) is 16.5. The fourth-order valence-electron chi connectivity index (χ4n) is 3.12. The number of hydrogen-bond acceptors (Lipinski definition) is 3. The van der Waals surface area contributed by atoms with Crippen molar-refractivity contribution in [3.05, 3.63) is 44.6 Å². The number of aromatic nitrogens is 2. The minimum absolute atomic E-state index is 0.0155. The summed E-state index contributed by atoms with van der Waals surface area (Å²) in [6, 6.07) is 5.22. The fraction of sp³-hybridized carbons (Fsp3) is 0.438. The van der Waals surface area contributed by atoms with Gasteiger partial charge in [0.25, 0.3) is 11.1 Å². The van der Waals surface area contributed by atoms with Gasteiger partial charge in [-0.3, -0.25) is 9.59 Å². The number of H-pyrrole nitrogens is 1. The molecule has 2 aromatic rings. The topological polar surface area (TPSA) is 78.7 Å². The summed E-state index contributed by atoms with van der Waals surface area (Å²) in [4.78, 5) is 26.9. The van der Waals surface area contributed by atoms with E-state index in [1.807, 2.05) is 6.07 Å². The van der Waals surface area contributed by atoms with E-state index in [9.17, 15) is 9.59 Å². The van der Waals surface area contributed by atoms with Crippen molar-refractivity contribution in [3.8, 4) is 6.07 Å². The lowest BCUT2D eigenvalue weighted by Gasteiger charge is -2.18. The number of fused-ring (bicyclic) bond motifs is 1. The van der Waals surface area contributed by atoms with Gasteiger partial charge in [-0.25, -0.2) is 0 Å². The summed E-state index contributed by atoms with van der Waals surface area (Å²) in [6.45, 7) is 0. The van der Waals surface area contributed by atoms with Gasteiger partial charge in [0.2, 0.25) is 0 Å². The minimum Gasteiger partial charge on any atom is -0.321 e. The van der Waals surface area contributed by atoms with Gasteiger partial charge in [0.05, 0.1) is 10.9 Å². The summed E-state index contributed by atoms with van der Waals surface area (Å²) in [5, 5.41) is 9.36. The van der Waals surface area contributed by atoms with E-state index in [-0.39, 0.29) is 17.2 Å². The zero-order chi connectivity index (χ0) is 14.8. The van der Waals surface area contributed by atoms with E-state index < -0.39 is 5.56 Å². The number of rotatable bonds is 1. The number of nitriles is 1. The second kappa shape index (κ2) is 5.57. The standard InChI is InChI=1S/C16H17N3O2/c17-10-11-9-13-14(18-15(11)20)7-8-19(16(13)21)12-5-3-1-2-4-6-12/h7-9,12H,1-6H2,(H,18,20). The highest BCUT2D eigenvalue weighted by atomic mass is 16.1. The molecule has 0 aromatic carbocycles. The maximum Gasteiger partial charge on any atom is 0.266 e. The lowest BCUT2D eigenvalue weighted by Crippen LogP contribution is -2.25. The van der Waals surface area contributed by atoms with Gasteiger partial charge in [-0.15, -0.1) is 0 Å². The minimum atomic E-state index is -0.448. The van der Waals surface area contributed by atoms with Crippen LogP contribution < -0.4 is 11.1 Å². The van der Waals surface area contributed by atoms with Gasteiger partial charge < -0.3 is 9.55 Å². The van der Waals surface area contributed by atoms with Crippen molar-refractivity contribution in [2.24, 2.45) is 0 Å². The van der Waals surface area contributed by atoms with Crippen molar-refractivity contribution in [3.63, 3.8) is 0 Å². The average Bonchev–Trinajstić information content (AvgIpc) is 2.76. The van der Waals surface area contributed by atoms with Crippen molar-refractivity contribution < 1.29 is 0 Å². The molecular formula is C16H17N3O2. The highest BCUT2D eigenvalue weighted by molar-refractivity contribution is 5.78. The molecule has 21 heavy (non-hydrogen) atoms. The molecule has 0 atom stereocenters. The van der Waals surface area contributed by atoms with Crippen molar-refractivity contribution in [2.75, 3.05) is 0 Å². The Hall–Kier alpha value is -2.35. The van der Waals surface area contributed by atoms with Crippen LogP contribution in [-0.4, -0.2) is 9.55 Å². The zero-order valence-electron chi connectivity index (χ0n) is 11.8. The van der Waals surface area contributed by atoms with Crippen molar-refractivity contribution in [1.29, 1.82) is 5.26 Å². The van der Waals surface area contributed by atoms with Crippen LogP contribution in [0.3, 0.4) is 0 Å². The summed E-state index contributed by atoms with van der Waals surface area (Å²) < 4.78 is 1.77. The molecule has 2 heterocycles. The van der Waals surface area contributed by atoms with Crippen LogP contribution in [0, 0.1) is 11.3 Å². The Morgan fingerprint density at radius 3 is 2.57 bits per heavy atom. The van der Waals surface area contributed by atoms with E-state index >= 15 is 0 Å². The molecule has 0 amide bonds. The molecule has 3 rings (SSSR count). The van der Waals surface area contributed by atoms with Crippen LogP contribution in [0.1, 0.15) is 50.1 Å². The molecule has 1 aliphatic carbocycles. The molecule has 0 unspecified atom stereocenters. The summed E-state index contributed by atoms with van der Waals surface area (Å²) in [6.07, 6.45) is 8.53. The third-order valence-corrected chi connectivity index (χ3v) is 4.28. The van der Waals surface area contributed by atoms with Crippen LogP contribution in [0.4, 0.5) is 0 Å². The third kappa shape index (κ3) is 2.49. The Balaban J connectivity index is 2.15. The van der Waals surface area contributed by atoms with Gasteiger partial charge in [-0.1, -0.05) is 25.7 Å². The Bertz CT molecular complexity index is 818. The smallest absolute Gasteiger partial charge is 0.266 e. The van der Waals surface area contributed by atoms with E-state index in [0.29, 0.717) is 10.9 Å². The number of nitrogens with zero attached hydrogens (tertiary/aromatic N) is 2. The molecule has 5 heteroatoms. The van der Waals surface area contributed by atoms with Gasteiger partial charge in [-0.2, -0.15) is 5.26 Å². The molecule has 0 saturated heterocycles. The summed E-state index contributed by atoms with van der Waals surface area (Å²) >= 11 is 0. The molecule has 0 bridgehead atoms. The Kier molecular flexibility index (Phi) is 3.61. The number of pyridine rings is 2. The molecule has 1 N–H and O–H groups in total. The van der Waals surface area contributed by atoms with Gasteiger partial charge >= 0.3 is 0 Å². The Morgan fingerprint density at radius 2 is 1.90 bits per heavy atom. The largest absolute Gasteiger partial charge is 0.321 e. The van der Waals surface area contributed by atoms with Gasteiger partial charge in [0.15, 0.2) is 0 Å². The first-order chi connectivity index (χ1) is 10.2. The van der Waals surface area contributed by atoms with Crippen LogP contribution >= 0.6 is 0 Å². The lowest BCUT2D eigenvalue weighted by atomic mass is 10.1.